The fourth-order valence-electron chi connectivity index (χ4n) is 2.25. The van der Waals surface area contributed by atoms with Gasteiger partial charge in [0.05, 0.1) is 6.04 Å². The van der Waals surface area contributed by atoms with E-state index in [9.17, 15) is 0 Å². The van der Waals surface area contributed by atoms with Crippen LogP contribution in [0.5, 0.6) is 0 Å². The number of hydrogen-bond donors (Lipinski definition) is 1. The highest BCUT2D eigenvalue weighted by Crippen LogP contribution is 2.27. The van der Waals surface area contributed by atoms with Gasteiger partial charge < -0.3 is 10.6 Å². The molecule has 0 aliphatic heterocycles. The summed E-state index contributed by atoms with van der Waals surface area (Å²) >= 11 is 5.94. The number of pyridine rings is 1. The summed E-state index contributed by atoms with van der Waals surface area (Å²) in [6.07, 6.45) is 2.65. The Balaban J connectivity index is 2.26. The van der Waals surface area contributed by atoms with Crippen molar-refractivity contribution in [1.82, 2.24) is 4.98 Å². The third-order valence-electron chi connectivity index (χ3n) is 3.55. The lowest BCUT2D eigenvalue weighted by molar-refractivity contribution is 0.722. The number of rotatable bonds is 5. The van der Waals surface area contributed by atoms with Gasteiger partial charge in [0.1, 0.15) is 5.82 Å². The average Bonchev–Trinajstić information content (AvgIpc) is 2.47. The SMILES string of the molecule is CC(c1ccc(Cl)cc1)N(C)c1ncccc1CCN. The molecule has 0 saturated heterocycles. The second-order valence-electron chi connectivity index (χ2n) is 4.86. The molecule has 2 rings (SSSR count). The van der Waals surface area contributed by atoms with E-state index in [0.29, 0.717) is 6.54 Å². The molecule has 0 radical (unpaired) electrons. The Morgan fingerprint density at radius 3 is 2.60 bits per heavy atom. The van der Waals surface area contributed by atoms with Crippen molar-refractivity contribution >= 4 is 17.4 Å². The van der Waals surface area contributed by atoms with Gasteiger partial charge in [0, 0.05) is 18.3 Å². The van der Waals surface area contributed by atoms with E-state index in [-0.39, 0.29) is 6.04 Å². The molecule has 1 unspecified atom stereocenters. The van der Waals surface area contributed by atoms with Gasteiger partial charge in [0.2, 0.25) is 0 Å². The van der Waals surface area contributed by atoms with E-state index in [0.717, 1.165) is 17.3 Å². The van der Waals surface area contributed by atoms with Gasteiger partial charge in [-0.25, -0.2) is 4.98 Å². The van der Waals surface area contributed by atoms with Crippen LogP contribution >= 0.6 is 11.6 Å². The monoisotopic (exact) mass is 289 g/mol. The number of halogens is 1. The van der Waals surface area contributed by atoms with Gasteiger partial charge >= 0.3 is 0 Å². The number of aromatic nitrogens is 1. The molecule has 1 aromatic carbocycles. The van der Waals surface area contributed by atoms with E-state index in [1.54, 1.807) is 0 Å². The molecule has 0 spiro atoms. The van der Waals surface area contributed by atoms with Crippen LogP contribution < -0.4 is 10.6 Å². The lowest BCUT2D eigenvalue weighted by Crippen LogP contribution is -2.24. The Kier molecular flexibility index (Phi) is 4.99. The van der Waals surface area contributed by atoms with Crippen LogP contribution in [0.3, 0.4) is 0 Å². The van der Waals surface area contributed by atoms with Crippen molar-refractivity contribution < 1.29 is 0 Å². The minimum Gasteiger partial charge on any atom is -0.353 e. The van der Waals surface area contributed by atoms with Crippen molar-refractivity contribution in [3.63, 3.8) is 0 Å². The Morgan fingerprint density at radius 2 is 1.95 bits per heavy atom. The summed E-state index contributed by atoms with van der Waals surface area (Å²) in [5.41, 5.74) is 8.06. The summed E-state index contributed by atoms with van der Waals surface area (Å²) in [5.74, 6) is 0.986. The maximum atomic E-state index is 5.94. The van der Waals surface area contributed by atoms with E-state index in [1.165, 1.54) is 11.1 Å². The summed E-state index contributed by atoms with van der Waals surface area (Å²) in [6, 6.07) is 12.2. The van der Waals surface area contributed by atoms with Crippen LogP contribution in [-0.4, -0.2) is 18.6 Å². The van der Waals surface area contributed by atoms with E-state index < -0.39 is 0 Å². The van der Waals surface area contributed by atoms with E-state index in [2.05, 4.69) is 42.1 Å². The fraction of sp³-hybridized carbons (Fsp3) is 0.312. The molecule has 0 aliphatic rings. The minimum absolute atomic E-state index is 0.221. The molecular formula is C16H20ClN3. The molecule has 1 atom stereocenters. The van der Waals surface area contributed by atoms with Gasteiger partial charge in [0.15, 0.2) is 0 Å². The molecule has 0 amide bonds. The van der Waals surface area contributed by atoms with Crippen molar-refractivity contribution in [3.05, 3.63) is 58.7 Å². The van der Waals surface area contributed by atoms with Crippen LogP contribution in [0.25, 0.3) is 0 Å². The minimum atomic E-state index is 0.221. The molecule has 0 fully saturated rings. The van der Waals surface area contributed by atoms with Crippen LogP contribution in [0.15, 0.2) is 42.6 Å². The van der Waals surface area contributed by atoms with Crippen molar-refractivity contribution in [1.29, 1.82) is 0 Å². The second-order valence-corrected chi connectivity index (χ2v) is 5.30. The summed E-state index contributed by atoms with van der Waals surface area (Å²) in [7, 11) is 2.06. The molecule has 2 aromatic rings. The predicted molar refractivity (Wildman–Crippen MR) is 85.3 cm³/mol. The molecule has 20 heavy (non-hydrogen) atoms. The zero-order valence-corrected chi connectivity index (χ0v) is 12.6. The maximum Gasteiger partial charge on any atom is 0.131 e. The molecule has 2 N–H and O–H groups in total. The first-order valence-electron chi connectivity index (χ1n) is 6.75. The number of nitrogens with zero attached hydrogens (tertiary/aromatic N) is 2. The van der Waals surface area contributed by atoms with Crippen LogP contribution in [-0.2, 0) is 6.42 Å². The Bertz CT molecular complexity index is 554. The van der Waals surface area contributed by atoms with Crippen LogP contribution in [0.2, 0.25) is 5.02 Å². The highest BCUT2D eigenvalue weighted by Gasteiger charge is 2.16. The van der Waals surface area contributed by atoms with Gasteiger partial charge in [0.25, 0.3) is 0 Å². The van der Waals surface area contributed by atoms with E-state index >= 15 is 0 Å². The maximum absolute atomic E-state index is 5.94. The van der Waals surface area contributed by atoms with Crippen molar-refractivity contribution in [2.24, 2.45) is 5.73 Å². The average molecular weight is 290 g/mol. The van der Waals surface area contributed by atoms with E-state index in [1.807, 2.05) is 24.4 Å². The zero-order chi connectivity index (χ0) is 14.5. The molecule has 3 nitrogen and oxygen atoms in total. The quantitative estimate of drug-likeness (QED) is 0.917. The summed E-state index contributed by atoms with van der Waals surface area (Å²) in [6.45, 7) is 2.78. The fourth-order valence-corrected chi connectivity index (χ4v) is 2.37. The number of hydrogen-bond acceptors (Lipinski definition) is 3. The first kappa shape index (κ1) is 14.8. The molecule has 1 aromatic heterocycles. The third kappa shape index (κ3) is 3.30. The molecular weight excluding hydrogens is 270 g/mol. The predicted octanol–water partition coefficient (Wildman–Crippen LogP) is 3.43. The lowest BCUT2D eigenvalue weighted by atomic mass is 10.1. The Labute approximate surface area is 125 Å². The number of nitrogens with two attached hydrogens (primary N) is 1. The lowest BCUT2D eigenvalue weighted by Gasteiger charge is -2.28. The van der Waals surface area contributed by atoms with Gasteiger partial charge in [-0.2, -0.15) is 0 Å². The molecule has 1 heterocycles. The molecule has 0 saturated carbocycles. The van der Waals surface area contributed by atoms with Crippen molar-refractivity contribution in [3.8, 4) is 0 Å². The van der Waals surface area contributed by atoms with Crippen molar-refractivity contribution in [2.45, 2.75) is 19.4 Å². The first-order chi connectivity index (χ1) is 9.63. The number of anilines is 1. The van der Waals surface area contributed by atoms with Gasteiger partial charge in [-0.1, -0.05) is 29.8 Å². The highest BCUT2D eigenvalue weighted by molar-refractivity contribution is 6.30. The summed E-state index contributed by atoms with van der Waals surface area (Å²) in [5, 5.41) is 0.755. The smallest absolute Gasteiger partial charge is 0.131 e. The van der Waals surface area contributed by atoms with Crippen LogP contribution in [0, 0.1) is 0 Å². The topological polar surface area (TPSA) is 42.2 Å². The normalized spacial score (nSPS) is 12.2. The van der Waals surface area contributed by atoms with Gasteiger partial charge in [-0.05, 0) is 49.2 Å². The molecule has 106 valence electrons. The summed E-state index contributed by atoms with van der Waals surface area (Å²) in [4.78, 5) is 6.68. The highest BCUT2D eigenvalue weighted by atomic mass is 35.5. The molecule has 0 bridgehead atoms. The molecule has 0 aliphatic carbocycles. The van der Waals surface area contributed by atoms with Crippen LogP contribution in [0.4, 0.5) is 5.82 Å². The second kappa shape index (κ2) is 6.73. The van der Waals surface area contributed by atoms with Gasteiger partial charge in [-0.3, -0.25) is 0 Å². The van der Waals surface area contributed by atoms with Crippen LogP contribution in [0.1, 0.15) is 24.1 Å². The summed E-state index contributed by atoms with van der Waals surface area (Å²) < 4.78 is 0. The van der Waals surface area contributed by atoms with Gasteiger partial charge in [-0.15, -0.1) is 0 Å². The standard InChI is InChI=1S/C16H20ClN3/c1-12(13-5-7-15(17)8-6-13)20(2)16-14(9-10-18)4-3-11-19-16/h3-8,11-12H,9-10,18H2,1-2H3. The van der Waals surface area contributed by atoms with E-state index in [4.69, 9.17) is 17.3 Å². The third-order valence-corrected chi connectivity index (χ3v) is 3.80. The Morgan fingerprint density at radius 1 is 1.25 bits per heavy atom. The number of benzene rings is 1. The molecule has 4 heteroatoms. The Hall–Kier alpha value is -1.58. The largest absolute Gasteiger partial charge is 0.353 e. The first-order valence-corrected chi connectivity index (χ1v) is 7.13. The van der Waals surface area contributed by atoms with Crippen molar-refractivity contribution in [2.75, 3.05) is 18.5 Å². The zero-order valence-electron chi connectivity index (χ0n) is 11.9.